The van der Waals surface area contributed by atoms with Gasteiger partial charge in [0.15, 0.2) is 6.61 Å². The molecule has 3 aromatic carbocycles. The molecule has 3 fully saturated rings. The Balaban J connectivity index is 1.06. The van der Waals surface area contributed by atoms with Gasteiger partial charge in [0.1, 0.15) is 0 Å². The molecule has 1 heterocycles. The predicted octanol–water partition coefficient (Wildman–Crippen LogP) is 4.37. The Morgan fingerprint density at radius 3 is 2.10 bits per heavy atom. The third kappa shape index (κ3) is 4.99. The quantitative estimate of drug-likeness (QED) is 0.332. The van der Waals surface area contributed by atoms with E-state index in [1.54, 1.807) is 36.4 Å². The lowest BCUT2D eigenvalue weighted by atomic mass is 9.73. The first-order valence-corrected chi connectivity index (χ1v) is 13.7. The van der Waals surface area contributed by atoms with Crippen LogP contribution in [-0.4, -0.2) is 36.2 Å². The molecule has 1 aliphatic heterocycles. The summed E-state index contributed by atoms with van der Waals surface area (Å²) < 4.78 is 5.14. The number of hydrogen-bond acceptors (Lipinski definition) is 6. The highest BCUT2D eigenvalue weighted by atomic mass is 16.5. The first-order chi connectivity index (χ1) is 19.8. The number of nitrogens with one attached hydrogen (secondary N) is 2. The van der Waals surface area contributed by atoms with Crippen LogP contribution in [-0.2, 0) is 23.9 Å². The molecular weight excluding hydrogens is 522 g/mol. The molecule has 0 aromatic heterocycles. The summed E-state index contributed by atoms with van der Waals surface area (Å²) in [6.45, 7) is 0.906. The van der Waals surface area contributed by atoms with Crippen LogP contribution in [0, 0.1) is 23.7 Å². The molecule has 41 heavy (non-hydrogen) atoms. The van der Waals surface area contributed by atoms with Crippen molar-refractivity contribution in [1.82, 2.24) is 0 Å². The lowest BCUT2D eigenvalue weighted by Gasteiger charge is -2.28. The minimum absolute atomic E-state index is 0.156. The van der Waals surface area contributed by atoms with E-state index in [0.29, 0.717) is 17.1 Å². The zero-order valence-electron chi connectivity index (χ0n) is 22.4. The van der Waals surface area contributed by atoms with Crippen LogP contribution in [0.25, 0.3) is 0 Å². The van der Waals surface area contributed by atoms with Gasteiger partial charge in [-0.2, -0.15) is 0 Å². The van der Waals surface area contributed by atoms with Crippen molar-refractivity contribution in [2.45, 2.75) is 25.7 Å². The van der Waals surface area contributed by atoms with E-state index in [4.69, 9.17) is 4.74 Å². The van der Waals surface area contributed by atoms with Gasteiger partial charge >= 0.3 is 5.97 Å². The number of amides is 4. The number of esters is 1. The summed E-state index contributed by atoms with van der Waals surface area (Å²) in [5.41, 5.74) is 2.94. The number of ether oxygens (including phenoxy) is 1. The first-order valence-electron chi connectivity index (χ1n) is 13.7. The monoisotopic (exact) mass is 551 g/mol. The summed E-state index contributed by atoms with van der Waals surface area (Å²) in [6.07, 6.45) is 1.82. The number of benzene rings is 3. The number of rotatable bonds is 7. The van der Waals surface area contributed by atoms with Gasteiger partial charge < -0.3 is 15.4 Å². The van der Waals surface area contributed by atoms with Gasteiger partial charge in [0.25, 0.3) is 5.91 Å². The van der Waals surface area contributed by atoms with Crippen molar-refractivity contribution < 1.29 is 28.7 Å². The van der Waals surface area contributed by atoms with Gasteiger partial charge in [0, 0.05) is 18.3 Å². The third-order valence-electron chi connectivity index (χ3n) is 8.43. The molecule has 0 radical (unpaired) electrons. The second-order valence-electron chi connectivity index (χ2n) is 10.9. The Morgan fingerprint density at radius 1 is 0.805 bits per heavy atom. The van der Waals surface area contributed by atoms with Crippen LogP contribution in [0.5, 0.6) is 0 Å². The van der Waals surface area contributed by atoms with Gasteiger partial charge in [-0.25, -0.2) is 4.79 Å². The summed E-state index contributed by atoms with van der Waals surface area (Å²) in [7, 11) is 0. The minimum atomic E-state index is -0.701. The molecule has 9 heteroatoms. The molecule has 9 nitrogen and oxygen atoms in total. The Bertz CT molecular complexity index is 1520. The fraction of sp³-hybridized carbons (Fsp3) is 0.281. The van der Waals surface area contributed by atoms with E-state index in [1.807, 2.05) is 18.2 Å². The van der Waals surface area contributed by atoms with Gasteiger partial charge in [-0.05, 0) is 84.7 Å². The molecule has 3 aliphatic rings. The maximum atomic E-state index is 13.5. The molecule has 0 spiro atoms. The van der Waals surface area contributed by atoms with Crippen LogP contribution in [0.1, 0.15) is 41.6 Å². The van der Waals surface area contributed by atoms with E-state index in [0.717, 1.165) is 12.8 Å². The molecule has 2 N–H and O–H groups in total. The van der Waals surface area contributed by atoms with E-state index in [1.165, 1.54) is 29.5 Å². The summed E-state index contributed by atoms with van der Waals surface area (Å²) in [5, 5.41) is 5.25. The molecule has 2 saturated carbocycles. The molecule has 4 amide bonds. The van der Waals surface area contributed by atoms with Gasteiger partial charge in [0.2, 0.25) is 17.7 Å². The van der Waals surface area contributed by atoms with Crippen molar-refractivity contribution in [3.63, 3.8) is 0 Å². The van der Waals surface area contributed by atoms with Crippen LogP contribution >= 0.6 is 0 Å². The highest BCUT2D eigenvalue weighted by Crippen LogP contribution is 2.61. The zero-order chi connectivity index (χ0) is 28.7. The maximum absolute atomic E-state index is 13.5. The van der Waals surface area contributed by atoms with Crippen LogP contribution in [0.4, 0.5) is 17.1 Å². The SMILES string of the molecule is CC(=O)Nc1ccc(NC(=O)COC(=O)c2ccc(N3C(=O)[C@@H]4[C@@H]5C[C@@H]([C@H]4C3=O)[C@@H](c3ccccc3)C5)cc2)cc1. The standard InChI is InChI=1S/C32H29N3O6/c1-18(36)33-22-9-11-23(12-10-22)34-27(37)17-41-32(40)20-7-13-24(14-8-20)35-30(38)28-21-15-25(19-5-3-2-4-6-19)26(16-21)29(28)31(35)39/h2-14,21,25-26,28-29H,15-17H2,1H3,(H,33,36)(H,34,37)/t21-,25+,26+,28+,29+/m0/s1. The van der Waals surface area contributed by atoms with Crippen molar-refractivity contribution in [2.24, 2.45) is 23.7 Å². The zero-order valence-corrected chi connectivity index (χ0v) is 22.4. The smallest absolute Gasteiger partial charge is 0.338 e. The molecule has 5 atom stereocenters. The summed E-state index contributed by atoms with van der Waals surface area (Å²) in [5.74, 6) is -1.69. The number of hydrogen-bond donors (Lipinski definition) is 2. The highest BCUT2D eigenvalue weighted by Gasteiger charge is 2.64. The second-order valence-corrected chi connectivity index (χ2v) is 10.9. The number of carbonyl (C=O) groups excluding carboxylic acids is 5. The van der Waals surface area contributed by atoms with Crippen molar-refractivity contribution in [2.75, 3.05) is 22.1 Å². The van der Waals surface area contributed by atoms with Crippen LogP contribution in [0.3, 0.4) is 0 Å². The normalized spacial score (nSPS) is 24.2. The molecule has 2 aliphatic carbocycles. The number of nitrogens with zero attached hydrogens (tertiary/aromatic N) is 1. The Kier molecular flexibility index (Phi) is 6.86. The summed E-state index contributed by atoms with van der Waals surface area (Å²) in [6, 6.07) is 22.9. The van der Waals surface area contributed by atoms with E-state index < -0.39 is 18.5 Å². The van der Waals surface area contributed by atoms with Gasteiger partial charge in [0.05, 0.1) is 23.1 Å². The van der Waals surface area contributed by atoms with Crippen molar-refractivity contribution in [1.29, 1.82) is 0 Å². The molecule has 2 bridgehead atoms. The number of anilines is 3. The van der Waals surface area contributed by atoms with Crippen LogP contribution < -0.4 is 15.5 Å². The van der Waals surface area contributed by atoms with E-state index >= 15 is 0 Å². The van der Waals surface area contributed by atoms with Crippen molar-refractivity contribution in [3.05, 3.63) is 90.0 Å². The fourth-order valence-corrected chi connectivity index (χ4v) is 6.80. The third-order valence-corrected chi connectivity index (χ3v) is 8.43. The lowest BCUT2D eigenvalue weighted by molar-refractivity contribution is -0.123. The van der Waals surface area contributed by atoms with Gasteiger partial charge in [-0.1, -0.05) is 30.3 Å². The Labute approximate surface area is 236 Å². The van der Waals surface area contributed by atoms with E-state index in [-0.39, 0.29) is 52.9 Å². The van der Waals surface area contributed by atoms with Crippen molar-refractivity contribution >= 4 is 46.7 Å². The topological polar surface area (TPSA) is 122 Å². The average molecular weight is 552 g/mol. The minimum Gasteiger partial charge on any atom is -0.452 e. The number of imide groups is 1. The fourth-order valence-electron chi connectivity index (χ4n) is 6.80. The Morgan fingerprint density at radius 2 is 1.44 bits per heavy atom. The first kappa shape index (κ1) is 26.4. The average Bonchev–Trinajstić information content (AvgIpc) is 3.64. The highest BCUT2D eigenvalue weighted by molar-refractivity contribution is 6.22. The van der Waals surface area contributed by atoms with E-state index in [2.05, 4.69) is 22.8 Å². The number of fused-ring (bicyclic) bond motifs is 5. The van der Waals surface area contributed by atoms with Gasteiger partial charge in [-0.3, -0.25) is 24.1 Å². The largest absolute Gasteiger partial charge is 0.452 e. The molecule has 6 rings (SSSR count). The predicted molar refractivity (Wildman–Crippen MR) is 151 cm³/mol. The molecule has 208 valence electrons. The summed E-state index contributed by atoms with van der Waals surface area (Å²) >= 11 is 0. The Hall–Kier alpha value is -4.79. The van der Waals surface area contributed by atoms with E-state index in [9.17, 15) is 24.0 Å². The molecule has 1 saturated heterocycles. The van der Waals surface area contributed by atoms with Crippen molar-refractivity contribution in [3.8, 4) is 0 Å². The second kappa shape index (κ2) is 10.6. The van der Waals surface area contributed by atoms with Gasteiger partial charge in [-0.15, -0.1) is 0 Å². The van der Waals surface area contributed by atoms with Crippen LogP contribution in [0.15, 0.2) is 78.9 Å². The summed E-state index contributed by atoms with van der Waals surface area (Å²) in [4.78, 5) is 64.1. The molecule has 3 aromatic rings. The maximum Gasteiger partial charge on any atom is 0.338 e. The molecular formula is C32H29N3O6. The lowest BCUT2D eigenvalue weighted by Crippen LogP contribution is -2.33. The van der Waals surface area contributed by atoms with Crippen LogP contribution in [0.2, 0.25) is 0 Å². The molecule has 0 unspecified atom stereocenters. The number of carbonyl (C=O) groups is 5.